The minimum Gasteiger partial charge on any atom is -0.393 e. The van der Waals surface area contributed by atoms with Crippen LogP contribution in [0.4, 0.5) is 0 Å². The Balaban J connectivity index is 1.98. The van der Waals surface area contributed by atoms with E-state index in [9.17, 15) is 0 Å². The molecule has 0 spiro atoms. The van der Waals surface area contributed by atoms with Crippen LogP contribution in [-0.4, -0.2) is 11.2 Å². The van der Waals surface area contributed by atoms with Crippen LogP contribution in [0, 0.1) is 12.3 Å². The molecule has 1 aliphatic carbocycles. The zero-order valence-corrected chi connectivity index (χ0v) is 8.13. The van der Waals surface area contributed by atoms with Gasteiger partial charge in [0.2, 0.25) is 0 Å². The summed E-state index contributed by atoms with van der Waals surface area (Å²) in [6, 6.07) is 0. The maximum absolute atomic E-state index is 9.07. The highest BCUT2D eigenvalue weighted by Gasteiger charge is 2.12. The summed E-state index contributed by atoms with van der Waals surface area (Å²) >= 11 is 0. The van der Waals surface area contributed by atoms with E-state index in [1.807, 2.05) is 6.92 Å². The number of rotatable bonds is 4. The lowest BCUT2D eigenvalue weighted by molar-refractivity contribution is 0.176. The minimum absolute atomic E-state index is 0.0995. The van der Waals surface area contributed by atoms with Gasteiger partial charge >= 0.3 is 0 Å². The van der Waals surface area contributed by atoms with E-state index >= 15 is 0 Å². The molecule has 0 heterocycles. The van der Waals surface area contributed by atoms with Crippen molar-refractivity contribution in [3.63, 3.8) is 0 Å². The molecular formula is C11H21O. The first-order valence-corrected chi connectivity index (χ1v) is 5.29. The number of aliphatic hydroxyl groups excluding tert-OH is 1. The molecule has 1 heteroatoms. The van der Waals surface area contributed by atoms with Crippen LogP contribution >= 0.6 is 0 Å². The van der Waals surface area contributed by atoms with Crippen LogP contribution in [0.5, 0.6) is 0 Å². The molecule has 0 bridgehead atoms. The molecule has 2 atom stereocenters. The van der Waals surface area contributed by atoms with Gasteiger partial charge in [0.15, 0.2) is 0 Å². The van der Waals surface area contributed by atoms with Crippen LogP contribution in [0.3, 0.4) is 0 Å². The van der Waals surface area contributed by atoms with E-state index in [1.54, 1.807) is 0 Å². The van der Waals surface area contributed by atoms with Crippen molar-refractivity contribution in [2.75, 3.05) is 0 Å². The summed E-state index contributed by atoms with van der Waals surface area (Å²) in [5.74, 6) is 0.928. The Morgan fingerprint density at radius 1 is 1.58 bits per heavy atom. The van der Waals surface area contributed by atoms with E-state index < -0.39 is 0 Å². The lowest BCUT2D eigenvalue weighted by Crippen LogP contribution is -2.08. The zero-order chi connectivity index (χ0) is 8.81. The van der Waals surface area contributed by atoms with Crippen molar-refractivity contribution in [2.24, 2.45) is 5.92 Å². The van der Waals surface area contributed by atoms with Gasteiger partial charge in [0.1, 0.15) is 0 Å². The summed E-state index contributed by atoms with van der Waals surface area (Å²) in [6.07, 6.45) is 11.3. The second kappa shape index (κ2) is 5.58. The highest BCUT2D eigenvalue weighted by molar-refractivity contribution is 4.77. The van der Waals surface area contributed by atoms with E-state index in [2.05, 4.69) is 6.42 Å². The Morgan fingerprint density at radius 2 is 2.42 bits per heavy atom. The van der Waals surface area contributed by atoms with Gasteiger partial charge in [-0.3, -0.25) is 0 Å². The standard InChI is InChI=1S/C11H21O/c1-10(12)6-5-9-11-7-3-2-4-8-11/h3,10-12H,2,4-9H2,1H3. The number of hydrogen-bond acceptors (Lipinski definition) is 1. The van der Waals surface area contributed by atoms with E-state index in [0.29, 0.717) is 0 Å². The van der Waals surface area contributed by atoms with Gasteiger partial charge in [0, 0.05) is 0 Å². The predicted octanol–water partition coefficient (Wildman–Crippen LogP) is 2.93. The molecule has 0 aromatic rings. The fourth-order valence-electron chi connectivity index (χ4n) is 1.99. The highest BCUT2D eigenvalue weighted by Crippen LogP contribution is 2.27. The van der Waals surface area contributed by atoms with E-state index in [1.165, 1.54) is 38.5 Å². The molecule has 71 valence electrons. The Bertz CT molecular complexity index is 104. The van der Waals surface area contributed by atoms with Crippen LogP contribution in [0.1, 0.15) is 51.9 Å². The summed E-state index contributed by atoms with van der Waals surface area (Å²) in [6.45, 7) is 1.88. The molecule has 1 aliphatic rings. The summed E-state index contributed by atoms with van der Waals surface area (Å²) in [5.41, 5.74) is 0. The molecule has 0 amide bonds. The van der Waals surface area contributed by atoms with Gasteiger partial charge in [0.05, 0.1) is 6.10 Å². The van der Waals surface area contributed by atoms with E-state index in [-0.39, 0.29) is 6.10 Å². The average molecular weight is 169 g/mol. The topological polar surface area (TPSA) is 20.2 Å². The fourth-order valence-corrected chi connectivity index (χ4v) is 1.99. The molecule has 0 aromatic carbocycles. The van der Waals surface area contributed by atoms with Gasteiger partial charge in [-0.1, -0.05) is 32.1 Å². The Labute approximate surface area is 76.2 Å². The first kappa shape index (κ1) is 10.0. The van der Waals surface area contributed by atoms with E-state index in [0.717, 1.165) is 12.3 Å². The second-order valence-corrected chi connectivity index (χ2v) is 4.10. The predicted molar refractivity (Wildman–Crippen MR) is 51.8 cm³/mol. The molecule has 1 rings (SSSR count). The van der Waals surface area contributed by atoms with Gasteiger partial charge in [-0.2, -0.15) is 0 Å². The third kappa shape index (κ3) is 4.10. The van der Waals surface area contributed by atoms with Crippen LogP contribution in [0.15, 0.2) is 0 Å². The Morgan fingerprint density at radius 3 is 3.00 bits per heavy atom. The molecule has 1 radical (unpaired) electrons. The van der Waals surface area contributed by atoms with Gasteiger partial charge in [-0.25, -0.2) is 0 Å². The van der Waals surface area contributed by atoms with Crippen LogP contribution in [-0.2, 0) is 0 Å². The third-order valence-corrected chi connectivity index (χ3v) is 2.75. The zero-order valence-electron chi connectivity index (χ0n) is 8.13. The molecule has 12 heavy (non-hydrogen) atoms. The largest absolute Gasteiger partial charge is 0.393 e. The SMILES string of the molecule is CC(O)CCCC1C[CH]CCC1. The molecular weight excluding hydrogens is 148 g/mol. The number of aliphatic hydroxyl groups is 1. The van der Waals surface area contributed by atoms with Crippen molar-refractivity contribution in [1.29, 1.82) is 0 Å². The monoisotopic (exact) mass is 169 g/mol. The molecule has 1 saturated carbocycles. The van der Waals surface area contributed by atoms with Crippen molar-refractivity contribution in [3.05, 3.63) is 6.42 Å². The molecule has 2 unspecified atom stereocenters. The molecule has 0 aliphatic heterocycles. The first-order chi connectivity index (χ1) is 5.79. The Hall–Kier alpha value is -0.0400. The number of hydrogen-bond donors (Lipinski definition) is 1. The summed E-state index contributed by atoms with van der Waals surface area (Å²) in [5, 5.41) is 9.07. The third-order valence-electron chi connectivity index (χ3n) is 2.75. The van der Waals surface area contributed by atoms with Gasteiger partial charge in [-0.05, 0) is 32.1 Å². The van der Waals surface area contributed by atoms with Crippen molar-refractivity contribution in [2.45, 2.75) is 58.0 Å². The van der Waals surface area contributed by atoms with Crippen LogP contribution in [0.2, 0.25) is 0 Å². The van der Waals surface area contributed by atoms with Gasteiger partial charge < -0.3 is 5.11 Å². The van der Waals surface area contributed by atoms with Gasteiger partial charge in [0.25, 0.3) is 0 Å². The minimum atomic E-state index is -0.0995. The second-order valence-electron chi connectivity index (χ2n) is 4.10. The molecule has 0 saturated heterocycles. The summed E-state index contributed by atoms with van der Waals surface area (Å²) in [7, 11) is 0. The molecule has 0 aromatic heterocycles. The van der Waals surface area contributed by atoms with Crippen molar-refractivity contribution >= 4 is 0 Å². The van der Waals surface area contributed by atoms with Crippen molar-refractivity contribution < 1.29 is 5.11 Å². The van der Waals surface area contributed by atoms with Crippen molar-refractivity contribution in [3.8, 4) is 0 Å². The smallest absolute Gasteiger partial charge is 0.0512 e. The lowest BCUT2D eigenvalue weighted by Gasteiger charge is -2.21. The lowest BCUT2D eigenvalue weighted by atomic mass is 9.85. The quantitative estimate of drug-likeness (QED) is 0.686. The Kier molecular flexibility index (Phi) is 4.67. The molecule has 1 fully saturated rings. The fraction of sp³-hybridized carbons (Fsp3) is 0.909. The maximum atomic E-state index is 9.07. The highest BCUT2D eigenvalue weighted by atomic mass is 16.3. The molecule has 1 N–H and O–H groups in total. The van der Waals surface area contributed by atoms with Gasteiger partial charge in [-0.15, -0.1) is 0 Å². The van der Waals surface area contributed by atoms with Crippen LogP contribution in [0.25, 0.3) is 0 Å². The summed E-state index contributed by atoms with van der Waals surface area (Å²) in [4.78, 5) is 0. The normalized spacial score (nSPS) is 22.5. The summed E-state index contributed by atoms with van der Waals surface area (Å²) < 4.78 is 0. The van der Waals surface area contributed by atoms with E-state index in [4.69, 9.17) is 5.11 Å². The van der Waals surface area contributed by atoms with Crippen molar-refractivity contribution in [1.82, 2.24) is 0 Å². The average Bonchev–Trinajstić information content (AvgIpc) is 2.05. The van der Waals surface area contributed by atoms with Crippen LogP contribution < -0.4 is 0 Å². The molecule has 1 nitrogen and oxygen atoms in total. The first-order valence-electron chi connectivity index (χ1n) is 5.29. The maximum Gasteiger partial charge on any atom is 0.0512 e.